The number of carbonyl (C=O) groups excluding carboxylic acids is 1. The van der Waals surface area contributed by atoms with Crippen LogP contribution in [0.5, 0.6) is 0 Å². The van der Waals surface area contributed by atoms with Gasteiger partial charge in [0.2, 0.25) is 0 Å². The molecule has 2 unspecified atom stereocenters. The molecule has 0 bridgehead atoms. The van der Waals surface area contributed by atoms with Gasteiger partial charge in [0.25, 0.3) is 5.91 Å². The van der Waals surface area contributed by atoms with Gasteiger partial charge in [-0.3, -0.25) is 4.79 Å². The maximum Gasteiger partial charge on any atom is 0.251 e. The molecule has 1 aliphatic rings. The molecular weight excluding hydrogens is 268 g/mol. The summed E-state index contributed by atoms with van der Waals surface area (Å²) in [5.74, 6) is 0.0892. The number of nitrogens with zero attached hydrogens (tertiary/aromatic N) is 1. The largest absolute Gasteiger partial charge is 0.399 e. The summed E-state index contributed by atoms with van der Waals surface area (Å²) in [6, 6.07) is 7.25. The zero-order valence-corrected chi connectivity index (χ0v) is 12.3. The summed E-state index contributed by atoms with van der Waals surface area (Å²) >= 11 is 0. The number of hydrogen-bond donors (Lipinski definition) is 2. The van der Waals surface area contributed by atoms with Crippen LogP contribution < -0.4 is 5.32 Å². The average molecular weight is 290 g/mol. The van der Waals surface area contributed by atoms with Crippen LogP contribution in [0.4, 0.5) is 0 Å². The fraction of sp³-hybridized carbons (Fsp3) is 0.500. The van der Waals surface area contributed by atoms with Crippen LogP contribution in [-0.2, 0) is 4.84 Å². The van der Waals surface area contributed by atoms with Crippen molar-refractivity contribution in [3.63, 3.8) is 0 Å². The Hall–Kier alpha value is -1.88. The Morgan fingerprint density at radius 3 is 2.76 bits per heavy atom. The number of rotatable bonds is 5. The SMILES string of the molecule is CO/N=C/c1ccc(C(=O)NC2CCCCC2CO)cc1. The Bertz CT molecular complexity index is 485. The lowest BCUT2D eigenvalue weighted by atomic mass is 9.85. The zero-order chi connectivity index (χ0) is 15.1. The van der Waals surface area contributed by atoms with Crippen LogP contribution in [-0.4, -0.2) is 37.0 Å². The van der Waals surface area contributed by atoms with Crippen molar-refractivity contribution in [1.82, 2.24) is 5.32 Å². The van der Waals surface area contributed by atoms with Gasteiger partial charge in [-0.05, 0) is 30.5 Å². The molecule has 114 valence electrons. The summed E-state index contributed by atoms with van der Waals surface area (Å²) in [4.78, 5) is 16.9. The maximum atomic E-state index is 12.2. The Morgan fingerprint density at radius 2 is 2.10 bits per heavy atom. The molecule has 5 nitrogen and oxygen atoms in total. The van der Waals surface area contributed by atoms with Gasteiger partial charge >= 0.3 is 0 Å². The zero-order valence-electron chi connectivity index (χ0n) is 12.3. The van der Waals surface area contributed by atoms with Crippen molar-refractivity contribution in [3.8, 4) is 0 Å². The maximum absolute atomic E-state index is 12.2. The summed E-state index contributed by atoms with van der Waals surface area (Å²) in [7, 11) is 1.49. The van der Waals surface area contributed by atoms with E-state index in [9.17, 15) is 9.90 Å². The first-order valence-corrected chi connectivity index (χ1v) is 7.33. The van der Waals surface area contributed by atoms with Crippen molar-refractivity contribution in [2.45, 2.75) is 31.7 Å². The van der Waals surface area contributed by atoms with Gasteiger partial charge in [-0.1, -0.05) is 30.1 Å². The molecule has 1 fully saturated rings. The summed E-state index contributed by atoms with van der Waals surface area (Å²) in [5.41, 5.74) is 1.49. The lowest BCUT2D eigenvalue weighted by Gasteiger charge is -2.30. The highest BCUT2D eigenvalue weighted by molar-refractivity contribution is 5.95. The first-order valence-electron chi connectivity index (χ1n) is 7.33. The van der Waals surface area contributed by atoms with Gasteiger partial charge < -0.3 is 15.3 Å². The molecule has 1 aromatic carbocycles. The van der Waals surface area contributed by atoms with Gasteiger partial charge in [-0.2, -0.15) is 0 Å². The molecule has 2 atom stereocenters. The third kappa shape index (κ3) is 4.29. The number of nitrogens with one attached hydrogen (secondary N) is 1. The molecule has 2 N–H and O–H groups in total. The molecular formula is C16H22N2O3. The van der Waals surface area contributed by atoms with E-state index in [1.165, 1.54) is 7.11 Å². The van der Waals surface area contributed by atoms with Gasteiger partial charge in [-0.25, -0.2) is 0 Å². The molecule has 1 saturated carbocycles. The van der Waals surface area contributed by atoms with E-state index in [1.807, 2.05) is 12.1 Å². The van der Waals surface area contributed by atoms with E-state index in [2.05, 4.69) is 15.3 Å². The van der Waals surface area contributed by atoms with Gasteiger partial charge in [0.1, 0.15) is 7.11 Å². The molecule has 1 amide bonds. The molecule has 2 rings (SSSR count). The molecule has 0 saturated heterocycles. The van der Waals surface area contributed by atoms with Gasteiger partial charge in [0, 0.05) is 24.1 Å². The van der Waals surface area contributed by atoms with E-state index in [0.29, 0.717) is 5.56 Å². The highest BCUT2D eigenvalue weighted by Gasteiger charge is 2.26. The highest BCUT2D eigenvalue weighted by atomic mass is 16.6. The monoisotopic (exact) mass is 290 g/mol. The summed E-state index contributed by atoms with van der Waals surface area (Å²) in [5, 5.41) is 16.1. The van der Waals surface area contributed by atoms with E-state index >= 15 is 0 Å². The van der Waals surface area contributed by atoms with Crippen LogP contribution in [0.25, 0.3) is 0 Å². The third-order valence-corrected chi connectivity index (χ3v) is 3.94. The van der Waals surface area contributed by atoms with Crippen LogP contribution in [0, 0.1) is 5.92 Å². The standard InChI is InChI=1S/C16H22N2O3/c1-21-17-10-12-6-8-13(9-7-12)16(20)18-15-5-3-2-4-14(15)11-19/h6-10,14-15,19H,2-5,11H2,1H3,(H,18,20)/b17-10+. The highest BCUT2D eigenvalue weighted by Crippen LogP contribution is 2.24. The summed E-state index contributed by atoms with van der Waals surface area (Å²) < 4.78 is 0. The van der Waals surface area contributed by atoms with Crippen LogP contribution >= 0.6 is 0 Å². The minimum atomic E-state index is -0.0874. The third-order valence-electron chi connectivity index (χ3n) is 3.94. The molecule has 5 heteroatoms. The van der Waals surface area contributed by atoms with Gasteiger partial charge in [0.05, 0.1) is 6.21 Å². The molecule has 0 spiro atoms. The first kappa shape index (κ1) is 15.5. The summed E-state index contributed by atoms with van der Waals surface area (Å²) in [6.45, 7) is 0.136. The molecule has 1 aromatic rings. The molecule has 0 heterocycles. The van der Waals surface area contributed by atoms with Crippen molar-refractivity contribution in [1.29, 1.82) is 0 Å². The van der Waals surface area contributed by atoms with Crippen LogP contribution in [0.2, 0.25) is 0 Å². The fourth-order valence-corrected chi connectivity index (χ4v) is 2.70. The smallest absolute Gasteiger partial charge is 0.251 e. The Morgan fingerprint density at radius 1 is 1.38 bits per heavy atom. The van der Waals surface area contributed by atoms with Gasteiger partial charge in [-0.15, -0.1) is 0 Å². The Kier molecular flexibility index (Phi) is 5.75. The predicted octanol–water partition coefficient (Wildman–Crippen LogP) is 1.95. The second kappa shape index (κ2) is 7.78. The van der Waals surface area contributed by atoms with Crippen LogP contribution in [0.3, 0.4) is 0 Å². The van der Waals surface area contributed by atoms with E-state index in [0.717, 1.165) is 31.2 Å². The number of aliphatic hydroxyl groups excluding tert-OH is 1. The molecule has 21 heavy (non-hydrogen) atoms. The van der Waals surface area contributed by atoms with E-state index in [4.69, 9.17) is 0 Å². The van der Waals surface area contributed by atoms with Crippen LogP contribution in [0.15, 0.2) is 29.4 Å². The predicted molar refractivity (Wildman–Crippen MR) is 81.3 cm³/mol. The van der Waals surface area contributed by atoms with Gasteiger partial charge in [0.15, 0.2) is 0 Å². The van der Waals surface area contributed by atoms with Crippen LogP contribution in [0.1, 0.15) is 41.6 Å². The molecule has 0 aliphatic heterocycles. The number of oxime groups is 1. The number of carbonyl (C=O) groups is 1. The minimum absolute atomic E-state index is 0.0750. The average Bonchev–Trinajstić information content (AvgIpc) is 2.54. The van der Waals surface area contributed by atoms with E-state index < -0.39 is 0 Å². The number of hydrogen-bond acceptors (Lipinski definition) is 4. The fourth-order valence-electron chi connectivity index (χ4n) is 2.70. The Labute approximate surface area is 125 Å². The normalized spacial score (nSPS) is 22.2. The number of benzene rings is 1. The number of aliphatic hydroxyl groups is 1. The lowest BCUT2D eigenvalue weighted by Crippen LogP contribution is -2.43. The molecule has 0 radical (unpaired) electrons. The van der Waals surface area contributed by atoms with Crippen molar-refractivity contribution in [2.75, 3.05) is 13.7 Å². The minimum Gasteiger partial charge on any atom is -0.399 e. The van der Waals surface area contributed by atoms with Crippen molar-refractivity contribution in [2.24, 2.45) is 11.1 Å². The van der Waals surface area contributed by atoms with Crippen molar-refractivity contribution >= 4 is 12.1 Å². The summed E-state index contributed by atoms with van der Waals surface area (Å²) in [6.07, 6.45) is 5.74. The topological polar surface area (TPSA) is 70.9 Å². The van der Waals surface area contributed by atoms with Crippen molar-refractivity contribution in [3.05, 3.63) is 35.4 Å². The lowest BCUT2D eigenvalue weighted by molar-refractivity contribution is 0.0872. The number of amides is 1. The molecule has 1 aliphatic carbocycles. The quantitative estimate of drug-likeness (QED) is 0.643. The first-order chi connectivity index (χ1) is 10.2. The van der Waals surface area contributed by atoms with E-state index in [1.54, 1.807) is 18.3 Å². The van der Waals surface area contributed by atoms with Crippen molar-refractivity contribution < 1.29 is 14.7 Å². The second-order valence-corrected chi connectivity index (χ2v) is 5.35. The second-order valence-electron chi connectivity index (χ2n) is 5.35. The Balaban J connectivity index is 1.97. The molecule has 0 aromatic heterocycles. The van der Waals surface area contributed by atoms with E-state index in [-0.39, 0.29) is 24.5 Å².